The van der Waals surface area contributed by atoms with Crippen molar-refractivity contribution in [3.8, 4) is 0 Å². The van der Waals surface area contributed by atoms with Crippen LogP contribution in [0.2, 0.25) is 0 Å². The van der Waals surface area contributed by atoms with Gasteiger partial charge in [0.05, 0.1) is 5.69 Å². The van der Waals surface area contributed by atoms with E-state index in [1.54, 1.807) is 0 Å². The van der Waals surface area contributed by atoms with E-state index >= 15 is 0 Å². The molecular formula is C14H18N2O. The molecule has 3 heteroatoms. The average molecular weight is 230 g/mol. The van der Waals surface area contributed by atoms with Crippen LogP contribution in [0.25, 0.3) is 11.0 Å². The van der Waals surface area contributed by atoms with Crippen molar-refractivity contribution < 1.29 is 4.52 Å². The quantitative estimate of drug-likeness (QED) is 0.696. The second-order valence-electron chi connectivity index (χ2n) is 6.07. The molecule has 0 radical (unpaired) electrons. The fourth-order valence-electron chi connectivity index (χ4n) is 2.54. The first-order valence-electron chi connectivity index (χ1n) is 6.05. The van der Waals surface area contributed by atoms with Crippen LogP contribution in [0.4, 0.5) is 0 Å². The number of hydrogen-bond acceptors (Lipinski definition) is 3. The van der Waals surface area contributed by atoms with Gasteiger partial charge < -0.3 is 4.52 Å². The Morgan fingerprint density at radius 2 is 1.82 bits per heavy atom. The number of aromatic nitrogens is 1. The van der Waals surface area contributed by atoms with Gasteiger partial charge in [-0.05, 0) is 30.3 Å². The summed E-state index contributed by atoms with van der Waals surface area (Å²) in [6, 6.07) is 4.40. The predicted molar refractivity (Wildman–Crippen MR) is 67.9 cm³/mol. The van der Waals surface area contributed by atoms with Crippen LogP contribution in [0, 0.1) is 0 Å². The maximum atomic E-state index is 5.47. The largest absolute Gasteiger partial charge is 0.356 e. The number of rotatable bonds is 0. The zero-order valence-electron chi connectivity index (χ0n) is 10.9. The zero-order valence-corrected chi connectivity index (χ0v) is 10.9. The topological polar surface area (TPSA) is 29.3 Å². The van der Waals surface area contributed by atoms with Crippen LogP contribution >= 0.6 is 0 Å². The van der Waals surface area contributed by atoms with Crippen molar-refractivity contribution in [1.29, 1.82) is 0 Å². The summed E-state index contributed by atoms with van der Waals surface area (Å²) < 4.78 is 5.47. The minimum absolute atomic E-state index is 0.0317. The Kier molecular flexibility index (Phi) is 2.11. The molecule has 2 heterocycles. The van der Waals surface area contributed by atoms with E-state index in [0.29, 0.717) is 0 Å². The molecule has 1 aromatic heterocycles. The van der Waals surface area contributed by atoms with Crippen molar-refractivity contribution >= 4 is 11.0 Å². The third-order valence-corrected chi connectivity index (χ3v) is 3.38. The molecule has 17 heavy (non-hydrogen) atoms. The molecule has 0 saturated heterocycles. The summed E-state index contributed by atoms with van der Waals surface area (Å²) in [6.07, 6.45) is 0. The first kappa shape index (κ1) is 10.8. The highest BCUT2D eigenvalue weighted by Crippen LogP contribution is 2.33. The van der Waals surface area contributed by atoms with E-state index in [1.165, 1.54) is 16.5 Å². The number of fused-ring (bicyclic) bond motifs is 2. The summed E-state index contributed by atoms with van der Waals surface area (Å²) in [5.41, 5.74) is 4.79. The Labute approximate surface area is 101 Å². The molecule has 0 fully saturated rings. The number of hydrogen-bond donors (Lipinski definition) is 0. The first-order chi connectivity index (χ1) is 7.95. The first-order valence-corrected chi connectivity index (χ1v) is 6.05. The van der Waals surface area contributed by atoms with E-state index in [4.69, 9.17) is 4.52 Å². The van der Waals surface area contributed by atoms with Gasteiger partial charge in [0.15, 0.2) is 5.58 Å². The normalized spacial score (nSPS) is 16.7. The van der Waals surface area contributed by atoms with Gasteiger partial charge >= 0.3 is 0 Å². The molecule has 0 bridgehead atoms. The molecule has 0 amide bonds. The maximum absolute atomic E-state index is 5.47. The summed E-state index contributed by atoms with van der Waals surface area (Å²) in [5.74, 6) is 0. The van der Waals surface area contributed by atoms with Gasteiger partial charge in [0.2, 0.25) is 0 Å². The molecule has 1 aromatic carbocycles. The standard InChI is InChI=1S/C14H18N2O/c1-14(2,3)13-11-5-9-7-16(4)8-10(9)6-12(11)17-15-13/h5-6H,7-8H2,1-4H3. The van der Waals surface area contributed by atoms with Crippen LogP contribution in [0.3, 0.4) is 0 Å². The van der Waals surface area contributed by atoms with Gasteiger partial charge in [0.1, 0.15) is 0 Å². The molecule has 3 rings (SSSR count). The van der Waals surface area contributed by atoms with Gasteiger partial charge in [-0.15, -0.1) is 0 Å². The lowest BCUT2D eigenvalue weighted by atomic mass is 9.89. The number of nitrogens with zero attached hydrogens (tertiary/aromatic N) is 2. The highest BCUT2D eigenvalue weighted by molar-refractivity contribution is 5.82. The summed E-state index contributed by atoms with van der Waals surface area (Å²) in [6.45, 7) is 8.55. The molecule has 90 valence electrons. The average Bonchev–Trinajstić information content (AvgIpc) is 2.73. The Balaban J connectivity index is 2.22. The van der Waals surface area contributed by atoms with E-state index < -0.39 is 0 Å². The van der Waals surface area contributed by atoms with Crippen LogP contribution in [0.1, 0.15) is 37.6 Å². The monoisotopic (exact) mass is 230 g/mol. The van der Waals surface area contributed by atoms with Crippen molar-refractivity contribution in [2.75, 3.05) is 7.05 Å². The molecular weight excluding hydrogens is 212 g/mol. The van der Waals surface area contributed by atoms with Crippen molar-refractivity contribution in [3.63, 3.8) is 0 Å². The smallest absolute Gasteiger partial charge is 0.167 e. The van der Waals surface area contributed by atoms with Gasteiger partial charge in [0, 0.05) is 23.9 Å². The fourth-order valence-corrected chi connectivity index (χ4v) is 2.54. The molecule has 0 atom stereocenters. The third kappa shape index (κ3) is 1.65. The third-order valence-electron chi connectivity index (χ3n) is 3.38. The lowest BCUT2D eigenvalue weighted by Crippen LogP contribution is -2.11. The van der Waals surface area contributed by atoms with Crippen LogP contribution < -0.4 is 0 Å². The Hall–Kier alpha value is -1.35. The highest BCUT2D eigenvalue weighted by Gasteiger charge is 2.24. The molecule has 0 unspecified atom stereocenters. The van der Waals surface area contributed by atoms with Crippen LogP contribution in [-0.4, -0.2) is 17.1 Å². The minimum Gasteiger partial charge on any atom is -0.356 e. The Morgan fingerprint density at radius 3 is 2.47 bits per heavy atom. The maximum Gasteiger partial charge on any atom is 0.167 e. The molecule has 3 nitrogen and oxygen atoms in total. The van der Waals surface area contributed by atoms with Crippen LogP contribution in [-0.2, 0) is 18.5 Å². The lowest BCUT2D eigenvalue weighted by Gasteiger charge is -2.14. The van der Waals surface area contributed by atoms with E-state index in [-0.39, 0.29) is 5.41 Å². The molecule has 1 aliphatic heterocycles. The summed E-state index contributed by atoms with van der Waals surface area (Å²) >= 11 is 0. The van der Waals surface area contributed by atoms with Gasteiger partial charge in [0.25, 0.3) is 0 Å². The lowest BCUT2D eigenvalue weighted by molar-refractivity contribution is 0.353. The van der Waals surface area contributed by atoms with Crippen molar-refractivity contribution in [2.45, 2.75) is 39.3 Å². The van der Waals surface area contributed by atoms with Crippen molar-refractivity contribution in [1.82, 2.24) is 10.1 Å². The predicted octanol–water partition coefficient (Wildman–Crippen LogP) is 3.07. The van der Waals surface area contributed by atoms with E-state index in [1.807, 2.05) is 0 Å². The van der Waals surface area contributed by atoms with Crippen molar-refractivity contribution in [2.24, 2.45) is 0 Å². The van der Waals surface area contributed by atoms with Gasteiger partial charge in [-0.3, -0.25) is 4.90 Å². The molecule has 0 N–H and O–H groups in total. The highest BCUT2D eigenvalue weighted by atomic mass is 16.5. The molecule has 0 saturated carbocycles. The molecule has 0 aliphatic carbocycles. The van der Waals surface area contributed by atoms with E-state index in [0.717, 1.165) is 24.4 Å². The molecule has 1 aliphatic rings. The summed E-state index contributed by atoms with van der Waals surface area (Å²) in [7, 11) is 2.14. The van der Waals surface area contributed by atoms with E-state index in [9.17, 15) is 0 Å². The van der Waals surface area contributed by atoms with Crippen LogP contribution in [0.15, 0.2) is 16.7 Å². The Bertz CT molecular complexity index is 578. The zero-order chi connectivity index (χ0) is 12.2. The second kappa shape index (κ2) is 3.33. The SMILES string of the molecule is CN1Cc2cc3onc(C(C)(C)C)c3cc2C1. The summed E-state index contributed by atoms with van der Waals surface area (Å²) in [4.78, 5) is 2.31. The number of benzene rings is 1. The fraction of sp³-hybridized carbons (Fsp3) is 0.500. The Morgan fingerprint density at radius 1 is 1.18 bits per heavy atom. The molecule has 2 aromatic rings. The van der Waals surface area contributed by atoms with Crippen molar-refractivity contribution in [3.05, 3.63) is 29.0 Å². The van der Waals surface area contributed by atoms with Gasteiger partial charge in [-0.1, -0.05) is 25.9 Å². The van der Waals surface area contributed by atoms with Gasteiger partial charge in [-0.2, -0.15) is 0 Å². The summed E-state index contributed by atoms with van der Waals surface area (Å²) in [5, 5.41) is 5.41. The van der Waals surface area contributed by atoms with Crippen LogP contribution in [0.5, 0.6) is 0 Å². The second-order valence-corrected chi connectivity index (χ2v) is 6.07. The molecule has 0 spiro atoms. The van der Waals surface area contributed by atoms with E-state index in [2.05, 4.69) is 50.0 Å². The van der Waals surface area contributed by atoms with Gasteiger partial charge in [-0.25, -0.2) is 0 Å². The minimum atomic E-state index is 0.0317.